The average molecular weight is 426 g/mol. The fourth-order valence-corrected chi connectivity index (χ4v) is 4.23. The van der Waals surface area contributed by atoms with Crippen molar-refractivity contribution in [1.82, 2.24) is 15.2 Å². The fraction of sp³-hybridized carbons (Fsp3) is 0.478. The van der Waals surface area contributed by atoms with Gasteiger partial charge in [-0.25, -0.2) is 9.78 Å². The van der Waals surface area contributed by atoms with E-state index in [0.717, 1.165) is 43.3 Å². The summed E-state index contributed by atoms with van der Waals surface area (Å²) in [6.07, 6.45) is 4.06. The molecule has 2 aromatic rings. The van der Waals surface area contributed by atoms with Gasteiger partial charge in [-0.2, -0.15) is 0 Å². The third-order valence-electron chi connectivity index (χ3n) is 5.88. The van der Waals surface area contributed by atoms with E-state index in [0.29, 0.717) is 25.4 Å². The van der Waals surface area contributed by atoms with Gasteiger partial charge in [0.25, 0.3) is 0 Å². The molecule has 0 bridgehead atoms. The average Bonchev–Trinajstić information content (AvgIpc) is 3.35. The van der Waals surface area contributed by atoms with Gasteiger partial charge in [-0.05, 0) is 44.1 Å². The first-order chi connectivity index (χ1) is 15.2. The second kappa shape index (κ2) is 10.5. The Morgan fingerprint density at radius 1 is 1.13 bits per heavy atom. The SMILES string of the molecule is COc1ccccc1C(CNC(=O)Nc1ccc(N2CCOCC2)nc1)N1CCCC1. The quantitative estimate of drug-likeness (QED) is 0.710. The van der Waals surface area contributed by atoms with Gasteiger partial charge in [0, 0.05) is 25.2 Å². The molecule has 2 aliphatic rings. The van der Waals surface area contributed by atoms with Gasteiger partial charge in [0.15, 0.2) is 0 Å². The van der Waals surface area contributed by atoms with E-state index < -0.39 is 0 Å². The number of morpholine rings is 1. The predicted octanol–water partition coefficient (Wildman–Crippen LogP) is 2.89. The molecule has 8 heteroatoms. The highest BCUT2D eigenvalue weighted by atomic mass is 16.5. The third-order valence-corrected chi connectivity index (χ3v) is 5.88. The van der Waals surface area contributed by atoms with Crippen LogP contribution in [0.5, 0.6) is 5.75 Å². The van der Waals surface area contributed by atoms with Gasteiger partial charge in [-0.1, -0.05) is 18.2 Å². The van der Waals surface area contributed by atoms with Crippen LogP contribution in [-0.4, -0.2) is 69.0 Å². The Bertz CT molecular complexity index is 849. The van der Waals surface area contributed by atoms with Gasteiger partial charge in [-0.3, -0.25) is 4.90 Å². The molecular formula is C23H31N5O3. The second-order valence-corrected chi connectivity index (χ2v) is 7.84. The number of para-hydroxylation sites is 1. The van der Waals surface area contributed by atoms with Crippen molar-refractivity contribution in [2.24, 2.45) is 0 Å². The highest BCUT2D eigenvalue weighted by Gasteiger charge is 2.26. The smallest absolute Gasteiger partial charge is 0.319 e. The Morgan fingerprint density at radius 3 is 2.61 bits per heavy atom. The minimum absolute atomic E-state index is 0.0752. The maximum absolute atomic E-state index is 12.6. The van der Waals surface area contributed by atoms with E-state index in [1.165, 1.54) is 12.8 Å². The molecule has 2 N–H and O–H groups in total. The molecular weight excluding hydrogens is 394 g/mol. The lowest BCUT2D eigenvalue weighted by Gasteiger charge is -2.29. The van der Waals surface area contributed by atoms with Crippen LogP contribution in [0.1, 0.15) is 24.4 Å². The maximum Gasteiger partial charge on any atom is 0.319 e. The number of nitrogens with one attached hydrogen (secondary N) is 2. The molecule has 0 radical (unpaired) electrons. The predicted molar refractivity (Wildman–Crippen MR) is 121 cm³/mol. The number of pyridine rings is 1. The van der Waals surface area contributed by atoms with Crippen molar-refractivity contribution in [3.63, 3.8) is 0 Å². The molecule has 166 valence electrons. The molecule has 1 unspecified atom stereocenters. The van der Waals surface area contributed by atoms with Gasteiger partial charge in [-0.15, -0.1) is 0 Å². The molecule has 4 rings (SSSR count). The minimum Gasteiger partial charge on any atom is -0.496 e. The van der Waals surface area contributed by atoms with Gasteiger partial charge in [0.2, 0.25) is 0 Å². The van der Waals surface area contributed by atoms with Crippen LogP contribution in [0.15, 0.2) is 42.6 Å². The number of anilines is 2. The molecule has 0 spiro atoms. The molecule has 0 aliphatic carbocycles. The van der Waals surface area contributed by atoms with Crippen molar-refractivity contribution in [3.05, 3.63) is 48.2 Å². The molecule has 3 heterocycles. The molecule has 31 heavy (non-hydrogen) atoms. The largest absolute Gasteiger partial charge is 0.496 e. The number of carbonyl (C=O) groups excluding carboxylic acids is 1. The van der Waals surface area contributed by atoms with E-state index in [4.69, 9.17) is 9.47 Å². The number of methoxy groups -OCH3 is 1. The summed E-state index contributed by atoms with van der Waals surface area (Å²) in [6.45, 7) is 5.66. The topological polar surface area (TPSA) is 79.0 Å². The summed E-state index contributed by atoms with van der Waals surface area (Å²) < 4.78 is 11.0. The Kier molecular flexibility index (Phi) is 7.22. The molecule has 0 saturated carbocycles. The summed E-state index contributed by atoms with van der Waals surface area (Å²) in [5.74, 6) is 1.75. The summed E-state index contributed by atoms with van der Waals surface area (Å²) in [5, 5.41) is 5.93. The zero-order valence-electron chi connectivity index (χ0n) is 18.0. The summed E-state index contributed by atoms with van der Waals surface area (Å²) >= 11 is 0. The normalized spacial score (nSPS) is 17.9. The van der Waals surface area contributed by atoms with E-state index in [2.05, 4.69) is 31.5 Å². The Hall–Kier alpha value is -2.84. The van der Waals surface area contributed by atoms with E-state index in [1.807, 2.05) is 30.3 Å². The molecule has 1 atom stereocenters. The van der Waals surface area contributed by atoms with E-state index >= 15 is 0 Å². The van der Waals surface area contributed by atoms with Crippen LogP contribution in [0.4, 0.5) is 16.3 Å². The third kappa shape index (κ3) is 5.45. The Labute approximate surface area is 183 Å². The van der Waals surface area contributed by atoms with Crippen molar-refractivity contribution in [1.29, 1.82) is 0 Å². The number of nitrogens with zero attached hydrogens (tertiary/aromatic N) is 3. The molecule has 8 nitrogen and oxygen atoms in total. The van der Waals surface area contributed by atoms with Gasteiger partial charge in [0.05, 0.1) is 38.2 Å². The summed E-state index contributed by atoms with van der Waals surface area (Å²) in [7, 11) is 1.69. The number of aromatic nitrogens is 1. The van der Waals surface area contributed by atoms with Crippen molar-refractivity contribution >= 4 is 17.5 Å². The van der Waals surface area contributed by atoms with E-state index in [9.17, 15) is 4.79 Å². The van der Waals surface area contributed by atoms with Crippen LogP contribution in [-0.2, 0) is 4.74 Å². The van der Waals surface area contributed by atoms with E-state index in [-0.39, 0.29) is 12.1 Å². The Balaban J connectivity index is 1.36. The molecule has 2 amide bonds. The summed E-state index contributed by atoms with van der Waals surface area (Å²) in [6, 6.07) is 11.7. The maximum atomic E-state index is 12.6. The minimum atomic E-state index is -0.236. The zero-order valence-corrected chi connectivity index (χ0v) is 18.0. The van der Waals surface area contributed by atoms with Crippen LogP contribution < -0.4 is 20.3 Å². The standard InChI is InChI=1S/C23H31N5O3/c1-30-21-7-3-2-6-19(21)20(27-10-4-5-11-27)17-25-23(29)26-18-8-9-22(24-16-18)28-12-14-31-15-13-28/h2-3,6-9,16,20H,4-5,10-15,17H2,1H3,(H2,25,26,29). The highest BCUT2D eigenvalue weighted by Crippen LogP contribution is 2.31. The number of carbonyl (C=O) groups is 1. The van der Waals surface area contributed by atoms with Crippen LogP contribution in [0.25, 0.3) is 0 Å². The molecule has 1 aromatic heterocycles. The van der Waals surface area contributed by atoms with Gasteiger partial charge < -0.3 is 25.0 Å². The number of likely N-dealkylation sites (tertiary alicyclic amines) is 1. The lowest BCUT2D eigenvalue weighted by molar-refractivity contribution is 0.122. The fourth-order valence-electron chi connectivity index (χ4n) is 4.23. The number of rotatable bonds is 7. The zero-order chi connectivity index (χ0) is 21.5. The van der Waals surface area contributed by atoms with Crippen LogP contribution in [0.2, 0.25) is 0 Å². The lowest BCUT2D eigenvalue weighted by Crippen LogP contribution is -2.39. The molecule has 2 aliphatic heterocycles. The second-order valence-electron chi connectivity index (χ2n) is 7.84. The summed E-state index contributed by atoms with van der Waals surface area (Å²) in [4.78, 5) is 21.7. The first-order valence-corrected chi connectivity index (χ1v) is 10.9. The van der Waals surface area contributed by atoms with Crippen LogP contribution in [0, 0.1) is 0 Å². The number of urea groups is 1. The molecule has 2 fully saturated rings. The van der Waals surface area contributed by atoms with Crippen molar-refractivity contribution in [2.75, 3.05) is 63.3 Å². The first kappa shape index (κ1) is 21.4. The number of ether oxygens (including phenoxy) is 2. The lowest BCUT2D eigenvalue weighted by atomic mass is 10.0. The first-order valence-electron chi connectivity index (χ1n) is 10.9. The van der Waals surface area contributed by atoms with Crippen LogP contribution in [0.3, 0.4) is 0 Å². The monoisotopic (exact) mass is 425 g/mol. The number of benzene rings is 1. The molecule has 2 saturated heterocycles. The highest BCUT2D eigenvalue weighted by molar-refractivity contribution is 5.89. The van der Waals surface area contributed by atoms with Crippen molar-refractivity contribution in [2.45, 2.75) is 18.9 Å². The molecule has 1 aromatic carbocycles. The van der Waals surface area contributed by atoms with E-state index in [1.54, 1.807) is 13.3 Å². The van der Waals surface area contributed by atoms with Gasteiger partial charge >= 0.3 is 6.03 Å². The van der Waals surface area contributed by atoms with Crippen molar-refractivity contribution in [3.8, 4) is 5.75 Å². The number of hydrogen-bond acceptors (Lipinski definition) is 6. The van der Waals surface area contributed by atoms with Crippen molar-refractivity contribution < 1.29 is 14.3 Å². The van der Waals surface area contributed by atoms with Crippen LogP contribution >= 0.6 is 0 Å². The Morgan fingerprint density at radius 2 is 1.90 bits per heavy atom. The summed E-state index contributed by atoms with van der Waals surface area (Å²) in [5.41, 5.74) is 1.77. The van der Waals surface area contributed by atoms with Gasteiger partial charge in [0.1, 0.15) is 11.6 Å². The number of amides is 2. The number of hydrogen-bond donors (Lipinski definition) is 2.